The topological polar surface area (TPSA) is 3.24 Å². The van der Waals surface area contributed by atoms with Gasteiger partial charge in [-0.15, -0.1) is 0 Å². The summed E-state index contributed by atoms with van der Waals surface area (Å²) in [5.41, 5.74) is 0.694. The fourth-order valence-electron chi connectivity index (χ4n) is 2.57. The highest BCUT2D eigenvalue weighted by Crippen LogP contribution is 2.44. The number of hydrogen-bond donors (Lipinski definition) is 0. The van der Waals surface area contributed by atoms with Crippen LogP contribution in [0.4, 0.5) is 0 Å². The SMILES string of the molecule is CC.CC.CCC(C)N(CC)CC1(CC)CCC1. The van der Waals surface area contributed by atoms with Gasteiger partial charge >= 0.3 is 0 Å². The second-order valence-corrected chi connectivity index (χ2v) is 5.03. The van der Waals surface area contributed by atoms with Gasteiger partial charge in [0.25, 0.3) is 0 Å². The Morgan fingerprint density at radius 3 is 1.72 bits per heavy atom. The van der Waals surface area contributed by atoms with Gasteiger partial charge in [-0.05, 0) is 44.6 Å². The van der Waals surface area contributed by atoms with E-state index in [1.54, 1.807) is 0 Å². The van der Waals surface area contributed by atoms with Crippen molar-refractivity contribution >= 4 is 0 Å². The average molecular weight is 258 g/mol. The molecule has 0 bridgehead atoms. The first-order valence-electron chi connectivity index (χ1n) is 8.41. The van der Waals surface area contributed by atoms with Crippen molar-refractivity contribution in [2.24, 2.45) is 5.41 Å². The summed E-state index contributed by atoms with van der Waals surface area (Å²) in [5, 5.41) is 0. The van der Waals surface area contributed by atoms with Crippen molar-refractivity contribution < 1.29 is 0 Å². The van der Waals surface area contributed by atoms with Gasteiger partial charge in [-0.2, -0.15) is 0 Å². The molecular weight excluding hydrogens is 218 g/mol. The van der Waals surface area contributed by atoms with E-state index in [2.05, 4.69) is 32.6 Å². The molecule has 0 heterocycles. The fourth-order valence-corrected chi connectivity index (χ4v) is 2.57. The molecule has 0 aromatic carbocycles. The summed E-state index contributed by atoms with van der Waals surface area (Å²) in [4.78, 5) is 2.67. The predicted molar refractivity (Wildman–Crippen MR) is 86.3 cm³/mol. The summed E-state index contributed by atoms with van der Waals surface area (Å²) >= 11 is 0. The molecule has 1 aliphatic rings. The van der Waals surface area contributed by atoms with E-state index in [-0.39, 0.29) is 0 Å². The van der Waals surface area contributed by atoms with Gasteiger partial charge in [-0.1, -0.05) is 54.9 Å². The zero-order chi connectivity index (χ0) is 14.6. The second-order valence-electron chi connectivity index (χ2n) is 5.03. The summed E-state index contributed by atoms with van der Waals surface area (Å²) in [5.74, 6) is 0. The van der Waals surface area contributed by atoms with Gasteiger partial charge in [0, 0.05) is 12.6 Å². The van der Waals surface area contributed by atoms with E-state index in [1.165, 1.54) is 45.2 Å². The minimum Gasteiger partial charge on any atom is -0.300 e. The highest BCUT2D eigenvalue weighted by atomic mass is 15.2. The smallest absolute Gasteiger partial charge is 0.00644 e. The molecular formula is C17H39N. The minimum absolute atomic E-state index is 0.694. The fraction of sp³-hybridized carbons (Fsp3) is 1.00. The van der Waals surface area contributed by atoms with Crippen LogP contribution in [0.5, 0.6) is 0 Å². The third-order valence-electron chi connectivity index (χ3n) is 4.32. The average Bonchev–Trinajstić information content (AvgIpc) is 2.42. The quantitative estimate of drug-likeness (QED) is 0.586. The first-order chi connectivity index (χ1) is 8.67. The summed E-state index contributed by atoms with van der Waals surface area (Å²) < 4.78 is 0. The second kappa shape index (κ2) is 12.0. The van der Waals surface area contributed by atoms with Crippen LogP contribution in [0.2, 0.25) is 0 Å². The third-order valence-corrected chi connectivity index (χ3v) is 4.32. The van der Waals surface area contributed by atoms with Crippen molar-refractivity contribution in [3.05, 3.63) is 0 Å². The van der Waals surface area contributed by atoms with Crippen LogP contribution < -0.4 is 0 Å². The Hall–Kier alpha value is -0.0400. The maximum Gasteiger partial charge on any atom is 0.00644 e. The molecule has 1 nitrogen and oxygen atoms in total. The van der Waals surface area contributed by atoms with E-state index in [0.29, 0.717) is 5.41 Å². The Labute approximate surface area is 117 Å². The van der Waals surface area contributed by atoms with Crippen LogP contribution in [-0.2, 0) is 0 Å². The van der Waals surface area contributed by atoms with Crippen LogP contribution in [0.3, 0.4) is 0 Å². The van der Waals surface area contributed by atoms with Crippen molar-refractivity contribution in [2.75, 3.05) is 13.1 Å². The van der Waals surface area contributed by atoms with Crippen molar-refractivity contribution in [2.45, 2.75) is 93.5 Å². The molecule has 112 valence electrons. The molecule has 0 radical (unpaired) electrons. The van der Waals surface area contributed by atoms with Crippen LogP contribution in [0.15, 0.2) is 0 Å². The van der Waals surface area contributed by atoms with Crippen molar-refractivity contribution in [3.8, 4) is 0 Å². The lowest BCUT2D eigenvalue weighted by Gasteiger charge is -2.46. The first-order valence-corrected chi connectivity index (χ1v) is 8.41. The zero-order valence-corrected chi connectivity index (χ0v) is 14.5. The van der Waals surface area contributed by atoms with Crippen molar-refractivity contribution in [1.82, 2.24) is 4.90 Å². The van der Waals surface area contributed by atoms with Crippen LogP contribution in [-0.4, -0.2) is 24.0 Å². The highest BCUT2D eigenvalue weighted by Gasteiger charge is 2.36. The van der Waals surface area contributed by atoms with Gasteiger partial charge in [0.1, 0.15) is 0 Å². The molecule has 1 unspecified atom stereocenters. The summed E-state index contributed by atoms with van der Waals surface area (Å²) in [6.45, 7) is 19.9. The van der Waals surface area contributed by atoms with Crippen LogP contribution in [0.1, 0.15) is 87.5 Å². The molecule has 0 spiro atoms. The van der Waals surface area contributed by atoms with Gasteiger partial charge in [-0.3, -0.25) is 0 Å². The molecule has 1 atom stereocenters. The molecule has 1 fully saturated rings. The van der Waals surface area contributed by atoms with Gasteiger partial charge < -0.3 is 4.90 Å². The van der Waals surface area contributed by atoms with Gasteiger partial charge in [-0.25, -0.2) is 0 Å². The van der Waals surface area contributed by atoms with Gasteiger partial charge in [0.2, 0.25) is 0 Å². The maximum absolute atomic E-state index is 2.67. The largest absolute Gasteiger partial charge is 0.300 e. The molecule has 18 heavy (non-hydrogen) atoms. The summed E-state index contributed by atoms with van der Waals surface area (Å²) in [6.07, 6.45) is 7.06. The Kier molecular flexibility index (Phi) is 13.5. The number of rotatable bonds is 6. The van der Waals surface area contributed by atoms with E-state index in [1.807, 2.05) is 27.7 Å². The maximum atomic E-state index is 2.67. The van der Waals surface area contributed by atoms with E-state index in [9.17, 15) is 0 Å². The molecule has 0 amide bonds. The number of nitrogens with zero attached hydrogens (tertiary/aromatic N) is 1. The molecule has 1 rings (SSSR count). The zero-order valence-electron chi connectivity index (χ0n) is 14.5. The Morgan fingerprint density at radius 1 is 1.00 bits per heavy atom. The Balaban J connectivity index is 0. The number of hydrogen-bond acceptors (Lipinski definition) is 1. The lowest BCUT2D eigenvalue weighted by molar-refractivity contribution is 0.0462. The molecule has 0 N–H and O–H groups in total. The summed E-state index contributed by atoms with van der Waals surface area (Å²) in [6, 6.07) is 0.768. The highest BCUT2D eigenvalue weighted by molar-refractivity contribution is 4.89. The van der Waals surface area contributed by atoms with Crippen LogP contribution in [0.25, 0.3) is 0 Å². The molecule has 0 aromatic rings. The normalized spacial score (nSPS) is 17.8. The Morgan fingerprint density at radius 2 is 1.50 bits per heavy atom. The first kappa shape index (κ1) is 20.3. The minimum atomic E-state index is 0.694. The van der Waals surface area contributed by atoms with E-state index in [0.717, 1.165) is 6.04 Å². The van der Waals surface area contributed by atoms with Crippen LogP contribution >= 0.6 is 0 Å². The molecule has 0 aliphatic heterocycles. The third kappa shape index (κ3) is 6.22. The van der Waals surface area contributed by atoms with E-state index in [4.69, 9.17) is 0 Å². The summed E-state index contributed by atoms with van der Waals surface area (Å²) in [7, 11) is 0. The van der Waals surface area contributed by atoms with Crippen LogP contribution in [0, 0.1) is 5.41 Å². The van der Waals surface area contributed by atoms with Gasteiger partial charge in [0.05, 0.1) is 0 Å². The van der Waals surface area contributed by atoms with E-state index < -0.39 is 0 Å². The van der Waals surface area contributed by atoms with E-state index >= 15 is 0 Å². The monoisotopic (exact) mass is 257 g/mol. The molecule has 1 aliphatic carbocycles. The van der Waals surface area contributed by atoms with Gasteiger partial charge in [0.15, 0.2) is 0 Å². The molecule has 0 saturated heterocycles. The standard InChI is InChI=1S/C13H27N.2C2H6/c1-5-12(4)14(7-3)11-13(6-2)9-8-10-13;2*1-2/h12H,5-11H2,1-4H3;2*1-2H3. The molecule has 0 aromatic heterocycles. The van der Waals surface area contributed by atoms with Crippen molar-refractivity contribution in [3.63, 3.8) is 0 Å². The lowest BCUT2D eigenvalue weighted by atomic mass is 9.66. The lowest BCUT2D eigenvalue weighted by Crippen LogP contribution is -2.45. The predicted octanol–water partition coefficient (Wildman–Crippen LogP) is 5.74. The van der Waals surface area contributed by atoms with Crippen molar-refractivity contribution in [1.29, 1.82) is 0 Å². The Bertz CT molecular complexity index is 155. The molecule has 1 saturated carbocycles. The molecule has 1 heteroatoms.